The van der Waals surface area contributed by atoms with Crippen LogP contribution < -0.4 is 10.2 Å². The molecule has 0 saturated carbocycles. The summed E-state index contributed by atoms with van der Waals surface area (Å²) in [6.07, 6.45) is 1.45. The second-order valence-electron chi connectivity index (χ2n) is 9.21. The van der Waals surface area contributed by atoms with Crippen molar-refractivity contribution in [2.45, 2.75) is 0 Å². The summed E-state index contributed by atoms with van der Waals surface area (Å²) in [7, 11) is 0. The number of rotatable bonds is 6. The van der Waals surface area contributed by atoms with Crippen molar-refractivity contribution in [2.24, 2.45) is 5.10 Å². The average molecular weight is 667 g/mol. The van der Waals surface area contributed by atoms with Crippen LogP contribution in [-0.2, 0) is 0 Å². The van der Waals surface area contributed by atoms with Gasteiger partial charge < -0.3 is 9.72 Å². The normalized spacial score (nSPS) is 11.3. The first-order chi connectivity index (χ1) is 20.0. The molecule has 2 N–H and O–H groups in total. The predicted octanol–water partition coefficient (Wildman–Crippen LogP) is 8.50. The second kappa shape index (κ2) is 11.5. The largest absolute Gasteiger partial charge is 0.421 e. The Morgan fingerprint density at radius 3 is 2.29 bits per heavy atom. The molecule has 0 aliphatic heterocycles. The fourth-order valence-electron chi connectivity index (χ4n) is 4.74. The molecule has 0 fully saturated rings. The van der Waals surface area contributed by atoms with Crippen LogP contribution in [0, 0.1) is 0 Å². The number of ether oxygens (including phenoxy) is 1. The van der Waals surface area contributed by atoms with Gasteiger partial charge in [-0.25, -0.2) is 10.2 Å². The van der Waals surface area contributed by atoms with Gasteiger partial charge >= 0.3 is 5.97 Å². The van der Waals surface area contributed by atoms with Crippen molar-refractivity contribution in [2.75, 3.05) is 0 Å². The molecular formula is C33H21Br2N3O3. The summed E-state index contributed by atoms with van der Waals surface area (Å²) in [5.74, 6) is -0.635. The molecule has 1 heterocycles. The quantitative estimate of drug-likeness (QED) is 0.0809. The Bertz CT molecular complexity index is 1950. The molecule has 200 valence electrons. The van der Waals surface area contributed by atoms with Crippen LogP contribution in [0.4, 0.5) is 0 Å². The summed E-state index contributed by atoms with van der Waals surface area (Å²) < 4.78 is 7.00. The molecule has 0 saturated heterocycles. The molecule has 41 heavy (non-hydrogen) atoms. The highest BCUT2D eigenvalue weighted by Crippen LogP contribution is 2.36. The second-order valence-corrected chi connectivity index (χ2v) is 11.0. The number of hydrazone groups is 1. The maximum absolute atomic E-state index is 13.6. The maximum Gasteiger partial charge on any atom is 0.343 e. The van der Waals surface area contributed by atoms with Crippen molar-refractivity contribution in [3.05, 3.63) is 135 Å². The lowest BCUT2D eigenvalue weighted by molar-refractivity contribution is 0.0733. The van der Waals surface area contributed by atoms with E-state index >= 15 is 0 Å². The van der Waals surface area contributed by atoms with Crippen LogP contribution in [0.3, 0.4) is 0 Å². The fraction of sp³-hybridized carbons (Fsp3) is 0. The molecule has 0 unspecified atom stereocenters. The van der Waals surface area contributed by atoms with E-state index in [0.29, 0.717) is 21.3 Å². The number of esters is 1. The summed E-state index contributed by atoms with van der Waals surface area (Å²) in [5.41, 5.74) is 6.52. The van der Waals surface area contributed by atoms with Gasteiger partial charge in [-0.2, -0.15) is 5.10 Å². The Morgan fingerprint density at radius 1 is 0.805 bits per heavy atom. The average Bonchev–Trinajstić information content (AvgIpc) is 3.40. The minimum absolute atomic E-state index is 0.280. The van der Waals surface area contributed by atoms with Crippen molar-refractivity contribution in [1.82, 2.24) is 10.4 Å². The zero-order valence-corrected chi connectivity index (χ0v) is 24.6. The number of carbonyl (C=O) groups is 2. The summed E-state index contributed by atoms with van der Waals surface area (Å²) >= 11 is 6.94. The lowest BCUT2D eigenvalue weighted by Crippen LogP contribution is -2.19. The third kappa shape index (κ3) is 5.44. The zero-order chi connectivity index (χ0) is 28.3. The zero-order valence-electron chi connectivity index (χ0n) is 21.4. The van der Waals surface area contributed by atoms with Gasteiger partial charge in [0.1, 0.15) is 5.69 Å². The van der Waals surface area contributed by atoms with E-state index < -0.39 is 11.9 Å². The SMILES string of the molecule is O=C(Oc1c(Br)cc(Br)cc1C=NNC(=O)c1[nH]c2c(ccc3ccccc32)c1-c1ccccc1)c1ccccc1. The number of H-pyrrole nitrogens is 1. The van der Waals surface area contributed by atoms with Crippen molar-refractivity contribution in [1.29, 1.82) is 0 Å². The van der Waals surface area contributed by atoms with Gasteiger partial charge in [-0.05, 0) is 51.1 Å². The van der Waals surface area contributed by atoms with Gasteiger partial charge in [-0.15, -0.1) is 0 Å². The van der Waals surface area contributed by atoms with Gasteiger partial charge in [0.25, 0.3) is 5.91 Å². The molecule has 6 aromatic rings. The number of nitrogens with zero attached hydrogens (tertiary/aromatic N) is 1. The number of aromatic amines is 1. The molecule has 0 aliphatic carbocycles. The van der Waals surface area contributed by atoms with Crippen LogP contribution in [-0.4, -0.2) is 23.1 Å². The van der Waals surface area contributed by atoms with Crippen molar-refractivity contribution < 1.29 is 14.3 Å². The molecule has 0 radical (unpaired) electrons. The van der Waals surface area contributed by atoms with Crippen molar-refractivity contribution >= 4 is 71.6 Å². The number of hydrogen-bond donors (Lipinski definition) is 2. The van der Waals surface area contributed by atoms with Crippen LogP contribution >= 0.6 is 31.9 Å². The van der Waals surface area contributed by atoms with E-state index in [-0.39, 0.29) is 5.75 Å². The highest BCUT2D eigenvalue weighted by atomic mass is 79.9. The van der Waals surface area contributed by atoms with Crippen LogP contribution in [0.5, 0.6) is 5.75 Å². The predicted molar refractivity (Wildman–Crippen MR) is 170 cm³/mol. The van der Waals surface area contributed by atoms with E-state index in [0.717, 1.165) is 37.3 Å². The molecule has 0 aliphatic rings. The molecule has 0 spiro atoms. The van der Waals surface area contributed by atoms with Gasteiger partial charge in [-0.3, -0.25) is 4.79 Å². The van der Waals surface area contributed by atoms with E-state index in [1.54, 1.807) is 36.4 Å². The third-order valence-electron chi connectivity index (χ3n) is 6.60. The number of hydrogen-bond acceptors (Lipinski definition) is 4. The van der Waals surface area contributed by atoms with E-state index in [1.807, 2.05) is 66.7 Å². The lowest BCUT2D eigenvalue weighted by atomic mass is 9.99. The maximum atomic E-state index is 13.6. The highest BCUT2D eigenvalue weighted by Gasteiger charge is 2.21. The van der Waals surface area contributed by atoms with E-state index in [1.165, 1.54) is 6.21 Å². The number of nitrogens with one attached hydrogen (secondary N) is 2. The first-order valence-electron chi connectivity index (χ1n) is 12.7. The van der Waals surface area contributed by atoms with E-state index in [9.17, 15) is 9.59 Å². The Morgan fingerprint density at radius 2 is 1.51 bits per heavy atom. The molecule has 1 aromatic heterocycles. The van der Waals surface area contributed by atoms with E-state index in [4.69, 9.17) is 4.74 Å². The number of halogens is 2. The van der Waals surface area contributed by atoms with Gasteiger partial charge in [0.15, 0.2) is 5.75 Å². The Kier molecular flexibility index (Phi) is 7.50. The Balaban J connectivity index is 1.34. The summed E-state index contributed by atoms with van der Waals surface area (Å²) in [6, 6.07) is 34.1. The molecule has 5 aromatic carbocycles. The van der Waals surface area contributed by atoms with E-state index in [2.05, 4.69) is 53.4 Å². The minimum atomic E-state index is -0.509. The number of fused-ring (bicyclic) bond motifs is 3. The molecule has 6 rings (SSSR count). The van der Waals surface area contributed by atoms with Gasteiger partial charge in [0, 0.05) is 26.4 Å². The number of carbonyl (C=O) groups excluding carboxylic acids is 2. The van der Waals surface area contributed by atoms with Gasteiger partial charge in [0.05, 0.1) is 21.8 Å². The molecule has 0 bridgehead atoms. The Hall–Kier alpha value is -4.53. The summed E-state index contributed by atoms with van der Waals surface area (Å²) in [6.45, 7) is 0. The van der Waals surface area contributed by atoms with Crippen molar-refractivity contribution in [3.8, 4) is 16.9 Å². The summed E-state index contributed by atoms with van der Waals surface area (Å²) in [4.78, 5) is 29.7. The number of benzene rings is 5. The lowest BCUT2D eigenvalue weighted by Gasteiger charge is -2.10. The smallest absolute Gasteiger partial charge is 0.343 e. The van der Waals surface area contributed by atoms with Gasteiger partial charge in [-0.1, -0.05) is 101 Å². The first kappa shape index (κ1) is 26.7. The molecule has 1 amide bonds. The topological polar surface area (TPSA) is 83.5 Å². The number of aromatic nitrogens is 1. The third-order valence-corrected chi connectivity index (χ3v) is 7.65. The van der Waals surface area contributed by atoms with Gasteiger partial charge in [0.2, 0.25) is 0 Å². The molecule has 6 nitrogen and oxygen atoms in total. The molecular weight excluding hydrogens is 646 g/mol. The van der Waals surface area contributed by atoms with Crippen LogP contribution in [0.25, 0.3) is 32.8 Å². The highest BCUT2D eigenvalue weighted by molar-refractivity contribution is 9.11. The van der Waals surface area contributed by atoms with Crippen LogP contribution in [0.2, 0.25) is 0 Å². The van der Waals surface area contributed by atoms with Crippen molar-refractivity contribution in [3.63, 3.8) is 0 Å². The first-order valence-corrected chi connectivity index (χ1v) is 14.3. The fourth-order valence-corrected chi connectivity index (χ4v) is 6.08. The monoisotopic (exact) mass is 665 g/mol. The minimum Gasteiger partial charge on any atom is -0.421 e. The number of amides is 1. The Labute approximate surface area is 252 Å². The molecule has 0 atom stereocenters. The van der Waals surface area contributed by atoms with Crippen LogP contribution in [0.15, 0.2) is 123 Å². The van der Waals surface area contributed by atoms with Crippen LogP contribution in [0.1, 0.15) is 26.4 Å². The summed E-state index contributed by atoms with van der Waals surface area (Å²) in [5, 5.41) is 7.27. The standard InChI is InChI=1S/C33H21Br2N3O3/c34-24-17-23(31(27(35)18-24)41-33(40)22-12-5-2-6-13-22)19-36-38-32(39)30-28(21-10-3-1-4-11-21)26-16-15-20-9-7-8-14-25(20)29(26)37-30/h1-19,37H,(H,38,39). The molecule has 8 heteroatoms.